The van der Waals surface area contributed by atoms with E-state index in [0.717, 1.165) is 0 Å². The summed E-state index contributed by atoms with van der Waals surface area (Å²) in [5.41, 5.74) is -1.15. The summed E-state index contributed by atoms with van der Waals surface area (Å²) in [5.74, 6) is -0.140. The predicted octanol–water partition coefficient (Wildman–Crippen LogP) is 0.780. The lowest BCUT2D eigenvalue weighted by molar-refractivity contribution is 0.541. The molecule has 16 heavy (non-hydrogen) atoms. The van der Waals surface area contributed by atoms with E-state index in [1.165, 1.54) is 30.4 Å². The van der Waals surface area contributed by atoms with Gasteiger partial charge in [-0.3, -0.25) is 0 Å². The van der Waals surface area contributed by atoms with Crippen molar-refractivity contribution in [1.82, 2.24) is 0 Å². The lowest BCUT2D eigenvalue weighted by Crippen LogP contribution is -2.22. The number of nitrogens with zero attached hydrogens (tertiary/aromatic N) is 3. The zero-order valence-electron chi connectivity index (χ0n) is 8.38. The molecule has 1 unspecified atom stereocenters. The number of hydrogen-bond donors (Lipinski definition) is 0. The van der Waals surface area contributed by atoms with E-state index in [1.54, 1.807) is 13.0 Å². The summed E-state index contributed by atoms with van der Waals surface area (Å²) < 4.78 is 0. The maximum absolute atomic E-state index is 10.2. The first-order valence-electron chi connectivity index (χ1n) is 4.35. The van der Waals surface area contributed by atoms with Crippen molar-refractivity contribution in [3.63, 3.8) is 0 Å². The van der Waals surface area contributed by atoms with Gasteiger partial charge in [0.05, 0.1) is 5.70 Å². The zero-order chi connectivity index (χ0) is 12.0. The highest BCUT2D eigenvalue weighted by Crippen LogP contribution is 2.28. The summed E-state index contributed by atoms with van der Waals surface area (Å²) in [7, 11) is 0. The standard InChI is InChI=1S/C10H7N3O3/c1-8-2-3-10(12-6-15,13-7-16)4-9(8)11-5-14/h2-4,8H,1H3. The molecule has 1 rings (SSSR count). The van der Waals surface area contributed by atoms with E-state index in [2.05, 4.69) is 15.0 Å². The van der Waals surface area contributed by atoms with E-state index >= 15 is 0 Å². The molecule has 0 amide bonds. The molecule has 0 aliphatic heterocycles. The molecule has 0 saturated carbocycles. The predicted molar refractivity (Wildman–Crippen MR) is 53.5 cm³/mol. The van der Waals surface area contributed by atoms with Crippen LogP contribution >= 0.6 is 0 Å². The molecule has 0 heterocycles. The van der Waals surface area contributed by atoms with E-state index < -0.39 is 5.66 Å². The number of hydrogen-bond acceptors (Lipinski definition) is 6. The van der Waals surface area contributed by atoms with Gasteiger partial charge in [0, 0.05) is 5.92 Å². The Bertz CT molecular complexity index is 469. The number of aliphatic imine (C=N–C) groups is 3. The molecule has 6 nitrogen and oxygen atoms in total. The van der Waals surface area contributed by atoms with E-state index in [4.69, 9.17) is 0 Å². The van der Waals surface area contributed by atoms with Crippen molar-refractivity contribution >= 4 is 18.2 Å². The van der Waals surface area contributed by atoms with E-state index in [0.29, 0.717) is 5.70 Å². The van der Waals surface area contributed by atoms with Crippen molar-refractivity contribution in [2.24, 2.45) is 20.9 Å². The molecule has 1 atom stereocenters. The number of isocyanates is 3. The van der Waals surface area contributed by atoms with Crippen molar-refractivity contribution in [1.29, 1.82) is 0 Å². The molecular weight excluding hydrogens is 210 g/mol. The monoisotopic (exact) mass is 217 g/mol. The maximum Gasteiger partial charge on any atom is 0.240 e. The quantitative estimate of drug-likeness (QED) is 0.397. The lowest BCUT2D eigenvalue weighted by Gasteiger charge is -2.20. The third kappa shape index (κ3) is 2.35. The summed E-state index contributed by atoms with van der Waals surface area (Å²) >= 11 is 0. The van der Waals surface area contributed by atoms with Crippen LogP contribution in [0, 0.1) is 5.92 Å². The Kier molecular flexibility index (Phi) is 3.59. The molecule has 0 aromatic rings. The van der Waals surface area contributed by atoms with Gasteiger partial charge in [-0.2, -0.15) is 15.0 Å². The number of allylic oxidation sites excluding steroid dienone is 1. The molecule has 80 valence electrons. The number of rotatable bonds is 3. The van der Waals surface area contributed by atoms with Crippen molar-refractivity contribution in [3.8, 4) is 0 Å². The highest BCUT2D eigenvalue weighted by molar-refractivity contribution is 5.47. The Labute approximate surface area is 90.8 Å². The molecule has 1 aliphatic carbocycles. The Morgan fingerprint density at radius 3 is 2.31 bits per heavy atom. The largest absolute Gasteiger partial charge is 0.240 e. The second-order valence-corrected chi connectivity index (χ2v) is 3.11. The van der Waals surface area contributed by atoms with Crippen LogP contribution in [0.25, 0.3) is 0 Å². The van der Waals surface area contributed by atoms with E-state index in [-0.39, 0.29) is 5.92 Å². The van der Waals surface area contributed by atoms with Crippen molar-refractivity contribution in [3.05, 3.63) is 23.9 Å². The second-order valence-electron chi connectivity index (χ2n) is 3.11. The van der Waals surface area contributed by atoms with Gasteiger partial charge in [-0.25, -0.2) is 14.4 Å². The average molecular weight is 217 g/mol. The average Bonchev–Trinajstić information content (AvgIpc) is 2.25. The minimum Gasteiger partial charge on any atom is -0.211 e. The molecular formula is C10H7N3O3. The summed E-state index contributed by atoms with van der Waals surface area (Å²) in [6.45, 7) is 1.78. The Balaban J connectivity index is 3.32. The van der Waals surface area contributed by atoms with Gasteiger partial charge in [-0.05, 0) is 12.2 Å². The third-order valence-electron chi connectivity index (χ3n) is 2.08. The summed E-state index contributed by atoms with van der Waals surface area (Å²) in [5, 5.41) is 0. The molecule has 1 aliphatic rings. The molecule has 6 heteroatoms. The lowest BCUT2D eigenvalue weighted by atomic mass is 9.95. The fourth-order valence-corrected chi connectivity index (χ4v) is 1.28. The van der Waals surface area contributed by atoms with Crippen molar-refractivity contribution in [2.75, 3.05) is 0 Å². The van der Waals surface area contributed by atoms with Gasteiger partial charge in [0.1, 0.15) is 0 Å². The van der Waals surface area contributed by atoms with Crippen LogP contribution in [0.15, 0.2) is 38.9 Å². The highest BCUT2D eigenvalue weighted by atomic mass is 16.1. The van der Waals surface area contributed by atoms with Gasteiger partial charge in [0.25, 0.3) is 0 Å². The minimum atomic E-state index is -1.48. The maximum atomic E-state index is 10.2. The molecule has 0 bridgehead atoms. The SMILES string of the molecule is CC1C=CC(N=C=O)(N=C=O)C=C1N=C=O. The molecule has 0 N–H and O–H groups in total. The van der Waals surface area contributed by atoms with Crippen LogP contribution in [0.5, 0.6) is 0 Å². The van der Waals surface area contributed by atoms with Gasteiger partial charge in [0.2, 0.25) is 23.9 Å². The Hall–Kier alpha value is -2.38. The van der Waals surface area contributed by atoms with Crippen LogP contribution in [-0.2, 0) is 14.4 Å². The van der Waals surface area contributed by atoms with Crippen LogP contribution < -0.4 is 0 Å². The smallest absolute Gasteiger partial charge is 0.211 e. The fraction of sp³-hybridized carbons (Fsp3) is 0.300. The zero-order valence-corrected chi connectivity index (χ0v) is 8.38. The highest BCUT2D eigenvalue weighted by Gasteiger charge is 2.28. The number of carbonyl (C=O) groups excluding carboxylic acids is 3. The third-order valence-corrected chi connectivity index (χ3v) is 2.08. The molecule has 0 fully saturated rings. The van der Waals surface area contributed by atoms with Crippen molar-refractivity contribution in [2.45, 2.75) is 12.6 Å². The Morgan fingerprint density at radius 2 is 1.81 bits per heavy atom. The van der Waals surface area contributed by atoms with Crippen molar-refractivity contribution < 1.29 is 14.4 Å². The van der Waals surface area contributed by atoms with Crippen LogP contribution in [0.1, 0.15) is 6.92 Å². The first kappa shape index (κ1) is 11.7. The van der Waals surface area contributed by atoms with Gasteiger partial charge in [0.15, 0.2) is 0 Å². The molecule has 0 aromatic carbocycles. The normalized spacial score (nSPS) is 26.8. The summed E-state index contributed by atoms with van der Waals surface area (Å²) in [6, 6.07) is 0. The summed E-state index contributed by atoms with van der Waals surface area (Å²) in [6.07, 6.45) is 8.38. The van der Waals surface area contributed by atoms with E-state index in [9.17, 15) is 14.4 Å². The molecule has 0 aromatic heterocycles. The first-order chi connectivity index (χ1) is 7.67. The Morgan fingerprint density at radius 1 is 1.19 bits per heavy atom. The molecule has 0 saturated heterocycles. The van der Waals surface area contributed by atoms with Gasteiger partial charge < -0.3 is 0 Å². The van der Waals surface area contributed by atoms with E-state index in [1.807, 2.05) is 0 Å². The van der Waals surface area contributed by atoms with Gasteiger partial charge >= 0.3 is 0 Å². The second kappa shape index (κ2) is 4.91. The van der Waals surface area contributed by atoms with Crippen LogP contribution in [0.3, 0.4) is 0 Å². The fourth-order valence-electron chi connectivity index (χ4n) is 1.28. The van der Waals surface area contributed by atoms with Crippen LogP contribution in [0.2, 0.25) is 0 Å². The van der Waals surface area contributed by atoms with Crippen LogP contribution in [0.4, 0.5) is 0 Å². The molecule has 0 radical (unpaired) electrons. The van der Waals surface area contributed by atoms with Crippen LogP contribution in [-0.4, -0.2) is 23.9 Å². The minimum absolute atomic E-state index is 0.140. The van der Waals surface area contributed by atoms with Gasteiger partial charge in [-0.15, -0.1) is 0 Å². The summed E-state index contributed by atoms with van der Waals surface area (Å²) in [4.78, 5) is 40.9. The first-order valence-corrected chi connectivity index (χ1v) is 4.35. The topological polar surface area (TPSA) is 88.3 Å². The van der Waals surface area contributed by atoms with Gasteiger partial charge in [-0.1, -0.05) is 13.0 Å². The molecule has 0 spiro atoms.